The van der Waals surface area contributed by atoms with Crippen LogP contribution < -0.4 is 16.0 Å². The van der Waals surface area contributed by atoms with Crippen LogP contribution in [0.3, 0.4) is 0 Å². The lowest BCUT2D eigenvalue weighted by Gasteiger charge is -2.15. The predicted molar refractivity (Wildman–Crippen MR) is 106 cm³/mol. The van der Waals surface area contributed by atoms with E-state index < -0.39 is 9.84 Å². The van der Waals surface area contributed by atoms with Crippen LogP contribution in [-0.4, -0.2) is 38.0 Å². The summed E-state index contributed by atoms with van der Waals surface area (Å²) in [6.45, 7) is 2.22. The van der Waals surface area contributed by atoms with Crippen LogP contribution in [0, 0.1) is 5.92 Å². The number of rotatable bonds is 7. The summed E-state index contributed by atoms with van der Waals surface area (Å²) in [5.74, 6) is -0.160. The molecule has 1 aromatic carbocycles. The first-order chi connectivity index (χ1) is 13.3. The van der Waals surface area contributed by atoms with E-state index in [-0.39, 0.29) is 28.2 Å². The van der Waals surface area contributed by atoms with Crippen molar-refractivity contribution in [1.29, 1.82) is 0 Å². The quantitative estimate of drug-likeness (QED) is 0.654. The van der Waals surface area contributed by atoms with Crippen molar-refractivity contribution in [2.75, 3.05) is 23.4 Å². The monoisotopic (exact) mass is 402 g/mol. The van der Waals surface area contributed by atoms with Gasteiger partial charge in [-0.3, -0.25) is 9.59 Å². The van der Waals surface area contributed by atoms with E-state index in [0.29, 0.717) is 23.7 Å². The highest BCUT2D eigenvalue weighted by atomic mass is 32.2. The zero-order valence-electron chi connectivity index (χ0n) is 15.7. The molecule has 28 heavy (non-hydrogen) atoms. The Bertz CT molecular complexity index is 1020. The molecule has 2 aromatic rings. The molecule has 2 amide bonds. The van der Waals surface area contributed by atoms with Crippen LogP contribution >= 0.6 is 0 Å². The molecule has 9 heteroatoms. The molecule has 0 aliphatic heterocycles. The number of amides is 2. The van der Waals surface area contributed by atoms with Crippen LogP contribution in [0.2, 0.25) is 0 Å². The fraction of sp³-hybridized carbons (Fsp3) is 0.316. The molecule has 1 fully saturated rings. The van der Waals surface area contributed by atoms with E-state index in [9.17, 15) is 18.0 Å². The summed E-state index contributed by atoms with van der Waals surface area (Å²) in [6.07, 6.45) is 4.19. The molecular weight excluding hydrogens is 380 g/mol. The summed E-state index contributed by atoms with van der Waals surface area (Å²) in [4.78, 5) is 28.7. The Morgan fingerprint density at radius 3 is 2.54 bits per heavy atom. The Balaban J connectivity index is 1.99. The molecule has 8 nitrogen and oxygen atoms in total. The molecule has 1 aliphatic rings. The van der Waals surface area contributed by atoms with Crippen molar-refractivity contribution >= 4 is 38.8 Å². The van der Waals surface area contributed by atoms with Gasteiger partial charge in [-0.25, -0.2) is 13.4 Å². The maximum absolute atomic E-state index is 12.4. The molecule has 1 aromatic heterocycles. The van der Waals surface area contributed by atoms with Crippen molar-refractivity contribution < 1.29 is 18.0 Å². The number of nitrogens with zero attached hydrogens (tertiary/aromatic N) is 1. The van der Waals surface area contributed by atoms with E-state index in [1.165, 1.54) is 18.3 Å². The summed E-state index contributed by atoms with van der Waals surface area (Å²) in [7, 11) is -3.48. The van der Waals surface area contributed by atoms with Gasteiger partial charge in [0.2, 0.25) is 5.91 Å². The van der Waals surface area contributed by atoms with Gasteiger partial charge in [-0.05, 0) is 31.9 Å². The normalized spacial score (nSPS) is 13.6. The highest BCUT2D eigenvalue weighted by Crippen LogP contribution is 2.31. The third-order valence-corrected chi connectivity index (χ3v) is 5.40. The number of nitrogens with one attached hydrogen (secondary N) is 3. The Kier molecular flexibility index (Phi) is 5.64. The van der Waals surface area contributed by atoms with Gasteiger partial charge in [0.1, 0.15) is 5.82 Å². The highest BCUT2D eigenvalue weighted by molar-refractivity contribution is 7.90. The molecule has 0 atom stereocenters. The molecule has 0 saturated heterocycles. The lowest BCUT2D eigenvalue weighted by atomic mass is 10.2. The third-order valence-electron chi connectivity index (χ3n) is 4.24. The largest absolute Gasteiger partial charge is 0.354 e. The molecule has 0 spiro atoms. The van der Waals surface area contributed by atoms with E-state index in [2.05, 4.69) is 20.9 Å². The van der Waals surface area contributed by atoms with Gasteiger partial charge in [0.25, 0.3) is 5.91 Å². The van der Waals surface area contributed by atoms with Crippen LogP contribution in [0.25, 0.3) is 0 Å². The average Bonchev–Trinajstić information content (AvgIpc) is 3.47. The predicted octanol–water partition coefficient (Wildman–Crippen LogP) is 2.33. The Hall–Kier alpha value is -2.94. The maximum atomic E-state index is 12.4. The Morgan fingerprint density at radius 1 is 1.18 bits per heavy atom. The minimum absolute atomic E-state index is 0.00670. The Labute approximate surface area is 163 Å². The number of anilines is 3. The number of pyridine rings is 1. The van der Waals surface area contributed by atoms with Gasteiger partial charge in [0, 0.05) is 31.0 Å². The summed E-state index contributed by atoms with van der Waals surface area (Å²) in [5, 5.41) is 8.44. The zero-order chi connectivity index (χ0) is 20.3. The number of sulfone groups is 1. The van der Waals surface area contributed by atoms with Gasteiger partial charge in [-0.15, -0.1) is 0 Å². The fourth-order valence-electron chi connectivity index (χ4n) is 2.68. The molecule has 148 valence electrons. The lowest BCUT2D eigenvalue weighted by Crippen LogP contribution is -2.24. The van der Waals surface area contributed by atoms with E-state index in [4.69, 9.17) is 0 Å². The third kappa shape index (κ3) is 4.66. The molecule has 1 heterocycles. The standard InChI is InChI=1S/C19H22N4O4S/c1-3-20-19(25)13-11-21-17(23-18(24)12-8-9-12)10-15(13)22-14-6-4-5-7-16(14)28(2,26)27/h4-7,10-12H,3,8-9H2,1-2H3,(H,20,25)(H2,21,22,23,24). The van der Waals surface area contributed by atoms with Crippen molar-refractivity contribution in [2.45, 2.75) is 24.7 Å². The number of benzene rings is 1. The Morgan fingerprint density at radius 2 is 1.89 bits per heavy atom. The first kappa shape index (κ1) is 19.8. The van der Waals surface area contributed by atoms with Gasteiger partial charge < -0.3 is 16.0 Å². The van der Waals surface area contributed by atoms with Crippen LogP contribution in [0.15, 0.2) is 41.4 Å². The molecule has 3 rings (SSSR count). The number of hydrogen-bond acceptors (Lipinski definition) is 6. The van der Waals surface area contributed by atoms with Crippen molar-refractivity contribution in [2.24, 2.45) is 5.92 Å². The second kappa shape index (κ2) is 7.97. The minimum atomic E-state index is -3.48. The maximum Gasteiger partial charge on any atom is 0.254 e. The second-order valence-corrected chi connectivity index (χ2v) is 8.62. The van der Waals surface area contributed by atoms with Gasteiger partial charge >= 0.3 is 0 Å². The first-order valence-corrected chi connectivity index (χ1v) is 10.8. The number of para-hydroxylation sites is 1. The van der Waals surface area contributed by atoms with Gasteiger partial charge in [0.15, 0.2) is 9.84 Å². The molecule has 1 saturated carbocycles. The minimum Gasteiger partial charge on any atom is -0.354 e. The van der Waals surface area contributed by atoms with Gasteiger partial charge in [-0.2, -0.15) is 0 Å². The topological polar surface area (TPSA) is 117 Å². The van der Waals surface area contributed by atoms with E-state index in [0.717, 1.165) is 19.1 Å². The van der Waals surface area contributed by atoms with Crippen molar-refractivity contribution in [3.8, 4) is 0 Å². The molecule has 0 unspecified atom stereocenters. The lowest BCUT2D eigenvalue weighted by molar-refractivity contribution is -0.117. The molecule has 0 radical (unpaired) electrons. The van der Waals surface area contributed by atoms with Crippen LogP contribution in [0.4, 0.5) is 17.2 Å². The summed E-state index contributed by atoms with van der Waals surface area (Å²) in [6, 6.07) is 7.95. The second-order valence-electron chi connectivity index (χ2n) is 6.63. The average molecular weight is 402 g/mol. The SMILES string of the molecule is CCNC(=O)c1cnc(NC(=O)C2CC2)cc1Nc1ccccc1S(C)(=O)=O. The zero-order valence-corrected chi connectivity index (χ0v) is 16.5. The fourth-order valence-corrected chi connectivity index (χ4v) is 3.52. The number of hydrogen-bond donors (Lipinski definition) is 3. The van der Waals surface area contributed by atoms with E-state index >= 15 is 0 Å². The van der Waals surface area contributed by atoms with E-state index in [1.54, 1.807) is 25.1 Å². The number of carbonyl (C=O) groups is 2. The first-order valence-electron chi connectivity index (χ1n) is 8.94. The number of carbonyl (C=O) groups excluding carboxylic acids is 2. The van der Waals surface area contributed by atoms with Gasteiger partial charge in [0.05, 0.1) is 21.8 Å². The van der Waals surface area contributed by atoms with Gasteiger partial charge in [-0.1, -0.05) is 12.1 Å². The van der Waals surface area contributed by atoms with Crippen molar-refractivity contribution in [3.05, 3.63) is 42.1 Å². The molecular formula is C19H22N4O4S. The van der Waals surface area contributed by atoms with Crippen molar-refractivity contribution in [1.82, 2.24) is 10.3 Å². The summed E-state index contributed by atoms with van der Waals surface area (Å²) in [5.41, 5.74) is 0.930. The van der Waals surface area contributed by atoms with Crippen LogP contribution in [0.5, 0.6) is 0 Å². The van der Waals surface area contributed by atoms with Crippen LogP contribution in [0.1, 0.15) is 30.1 Å². The molecule has 0 bridgehead atoms. The molecule has 1 aliphatic carbocycles. The summed E-state index contributed by atoms with van der Waals surface area (Å²) >= 11 is 0. The summed E-state index contributed by atoms with van der Waals surface area (Å²) < 4.78 is 24.1. The van der Waals surface area contributed by atoms with Crippen LogP contribution in [-0.2, 0) is 14.6 Å². The smallest absolute Gasteiger partial charge is 0.254 e. The number of aromatic nitrogens is 1. The highest BCUT2D eigenvalue weighted by Gasteiger charge is 2.30. The van der Waals surface area contributed by atoms with E-state index in [1.807, 2.05) is 0 Å². The molecule has 3 N–H and O–H groups in total. The van der Waals surface area contributed by atoms with Crippen molar-refractivity contribution in [3.63, 3.8) is 0 Å².